The maximum atomic E-state index is 12.0. The van der Waals surface area contributed by atoms with Crippen LogP contribution in [0.15, 0.2) is 55.0 Å². The number of nitrogens with one attached hydrogen (secondary N) is 2. The molecule has 0 aliphatic heterocycles. The van der Waals surface area contributed by atoms with Gasteiger partial charge in [0.05, 0.1) is 19.0 Å². The van der Waals surface area contributed by atoms with Crippen LogP contribution < -0.4 is 15.4 Å². The van der Waals surface area contributed by atoms with Gasteiger partial charge >= 0.3 is 6.03 Å². The van der Waals surface area contributed by atoms with Crippen LogP contribution in [0.3, 0.4) is 0 Å². The summed E-state index contributed by atoms with van der Waals surface area (Å²) in [5.74, 6) is 0.688. The van der Waals surface area contributed by atoms with Crippen LogP contribution in [0.5, 0.6) is 5.75 Å². The zero-order valence-electron chi connectivity index (χ0n) is 14.1. The van der Waals surface area contributed by atoms with Crippen LogP contribution in [0.1, 0.15) is 5.56 Å². The molecule has 3 rings (SSSR count). The molecule has 0 spiro atoms. The van der Waals surface area contributed by atoms with Gasteiger partial charge in [0.25, 0.3) is 0 Å². The molecule has 2 amide bonds. The normalized spacial score (nSPS) is 10.3. The number of pyridine rings is 1. The van der Waals surface area contributed by atoms with Crippen LogP contribution in [0.4, 0.5) is 10.5 Å². The molecule has 2 aromatic heterocycles. The first kappa shape index (κ1) is 16.5. The Morgan fingerprint density at radius 2 is 2.12 bits per heavy atom. The van der Waals surface area contributed by atoms with E-state index in [4.69, 9.17) is 4.74 Å². The minimum atomic E-state index is -0.287. The summed E-state index contributed by atoms with van der Waals surface area (Å²) in [6.45, 7) is 0.385. The number of carbonyl (C=O) groups excluding carboxylic acids is 1. The first-order valence-corrected chi connectivity index (χ1v) is 7.77. The molecule has 7 heteroatoms. The van der Waals surface area contributed by atoms with Crippen molar-refractivity contribution in [1.82, 2.24) is 20.1 Å². The zero-order chi connectivity index (χ0) is 17.6. The number of urea groups is 1. The van der Waals surface area contributed by atoms with Crippen molar-refractivity contribution in [2.75, 3.05) is 12.4 Å². The third kappa shape index (κ3) is 4.35. The highest BCUT2D eigenvalue weighted by Gasteiger charge is 2.05. The van der Waals surface area contributed by atoms with Gasteiger partial charge in [-0.2, -0.15) is 5.10 Å². The van der Waals surface area contributed by atoms with Crippen molar-refractivity contribution in [2.45, 2.75) is 6.54 Å². The Kier molecular flexibility index (Phi) is 4.94. The van der Waals surface area contributed by atoms with E-state index in [1.165, 1.54) is 0 Å². The summed E-state index contributed by atoms with van der Waals surface area (Å²) in [6.07, 6.45) is 5.41. The Morgan fingerprint density at radius 1 is 1.24 bits per heavy atom. The summed E-state index contributed by atoms with van der Waals surface area (Å²) in [7, 11) is 3.45. The highest BCUT2D eigenvalue weighted by Crippen LogP contribution is 2.17. The van der Waals surface area contributed by atoms with E-state index in [0.29, 0.717) is 18.0 Å². The molecule has 128 valence electrons. The van der Waals surface area contributed by atoms with E-state index in [1.54, 1.807) is 36.3 Å². The number of ether oxygens (including phenoxy) is 1. The molecule has 0 aliphatic carbocycles. The number of hydrogen-bond donors (Lipinski definition) is 2. The van der Waals surface area contributed by atoms with Crippen LogP contribution >= 0.6 is 0 Å². The highest BCUT2D eigenvalue weighted by atomic mass is 16.5. The maximum absolute atomic E-state index is 12.0. The van der Waals surface area contributed by atoms with Crippen molar-refractivity contribution in [3.8, 4) is 17.0 Å². The Morgan fingerprint density at radius 3 is 2.80 bits per heavy atom. The third-order valence-electron chi connectivity index (χ3n) is 3.61. The molecule has 0 saturated heterocycles. The number of nitrogens with zero attached hydrogens (tertiary/aromatic N) is 3. The average molecular weight is 337 g/mol. The molecule has 2 N–H and O–H groups in total. The van der Waals surface area contributed by atoms with Crippen molar-refractivity contribution in [2.24, 2.45) is 7.05 Å². The predicted octanol–water partition coefficient (Wildman–Crippen LogP) is 2.81. The molecule has 0 fully saturated rings. The number of rotatable bonds is 5. The maximum Gasteiger partial charge on any atom is 0.319 e. The Hall–Kier alpha value is -3.35. The van der Waals surface area contributed by atoms with Gasteiger partial charge in [-0.25, -0.2) is 4.79 Å². The SMILES string of the molecule is COc1cccc(NC(=O)NCc2ccc(-c3cnn(C)c3)nc2)c1. The summed E-state index contributed by atoms with van der Waals surface area (Å²) < 4.78 is 6.86. The minimum absolute atomic E-state index is 0.287. The van der Waals surface area contributed by atoms with E-state index in [2.05, 4.69) is 20.7 Å². The van der Waals surface area contributed by atoms with Crippen molar-refractivity contribution in [3.63, 3.8) is 0 Å². The van der Waals surface area contributed by atoms with Gasteiger partial charge in [0.1, 0.15) is 5.75 Å². The monoisotopic (exact) mass is 337 g/mol. The number of anilines is 1. The fourth-order valence-electron chi connectivity index (χ4n) is 2.31. The van der Waals surface area contributed by atoms with Gasteiger partial charge in [-0.1, -0.05) is 12.1 Å². The summed E-state index contributed by atoms with van der Waals surface area (Å²) in [5, 5.41) is 9.70. The second-order valence-corrected chi connectivity index (χ2v) is 5.49. The van der Waals surface area contributed by atoms with E-state index in [1.807, 2.05) is 37.5 Å². The fraction of sp³-hybridized carbons (Fsp3) is 0.167. The first-order chi connectivity index (χ1) is 12.1. The van der Waals surface area contributed by atoms with Crippen molar-refractivity contribution in [1.29, 1.82) is 0 Å². The van der Waals surface area contributed by atoms with Gasteiger partial charge in [0, 0.05) is 43.3 Å². The summed E-state index contributed by atoms with van der Waals surface area (Å²) in [4.78, 5) is 16.4. The number of benzene rings is 1. The van der Waals surface area contributed by atoms with Crippen LogP contribution in [-0.2, 0) is 13.6 Å². The molecule has 0 bridgehead atoms. The molecule has 3 aromatic rings. The molecule has 0 aliphatic rings. The van der Waals surface area contributed by atoms with E-state index in [-0.39, 0.29) is 6.03 Å². The minimum Gasteiger partial charge on any atom is -0.497 e. The molecule has 0 unspecified atom stereocenters. The van der Waals surface area contributed by atoms with Crippen LogP contribution in [0, 0.1) is 0 Å². The van der Waals surface area contributed by atoms with Crippen LogP contribution in [0.2, 0.25) is 0 Å². The molecule has 0 radical (unpaired) electrons. The number of hydrogen-bond acceptors (Lipinski definition) is 4. The van der Waals surface area contributed by atoms with Gasteiger partial charge in [0.15, 0.2) is 0 Å². The smallest absolute Gasteiger partial charge is 0.319 e. The number of carbonyl (C=O) groups is 1. The average Bonchev–Trinajstić information content (AvgIpc) is 3.07. The third-order valence-corrected chi connectivity index (χ3v) is 3.61. The lowest BCUT2D eigenvalue weighted by molar-refractivity contribution is 0.251. The van der Waals surface area contributed by atoms with Crippen LogP contribution in [0.25, 0.3) is 11.3 Å². The summed E-state index contributed by atoms with van der Waals surface area (Å²) >= 11 is 0. The number of aryl methyl sites for hydroxylation is 1. The van der Waals surface area contributed by atoms with Crippen LogP contribution in [-0.4, -0.2) is 27.9 Å². The lowest BCUT2D eigenvalue weighted by Crippen LogP contribution is -2.28. The molecule has 2 heterocycles. The molecule has 0 atom stereocenters. The van der Waals surface area contributed by atoms with E-state index in [9.17, 15) is 4.79 Å². The Labute approximate surface area is 145 Å². The van der Waals surface area contributed by atoms with Crippen molar-refractivity contribution in [3.05, 3.63) is 60.6 Å². The quantitative estimate of drug-likeness (QED) is 0.750. The molecule has 0 saturated carbocycles. The number of methoxy groups -OCH3 is 1. The number of aromatic nitrogens is 3. The molecule has 1 aromatic carbocycles. The Bertz CT molecular complexity index is 858. The molecular weight excluding hydrogens is 318 g/mol. The molecule has 7 nitrogen and oxygen atoms in total. The second kappa shape index (κ2) is 7.48. The lowest BCUT2D eigenvalue weighted by atomic mass is 10.2. The first-order valence-electron chi connectivity index (χ1n) is 7.77. The predicted molar refractivity (Wildman–Crippen MR) is 95.3 cm³/mol. The topological polar surface area (TPSA) is 81.1 Å². The van der Waals surface area contributed by atoms with Crippen molar-refractivity contribution < 1.29 is 9.53 Å². The van der Waals surface area contributed by atoms with E-state index < -0.39 is 0 Å². The molecular formula is C18H19N5O2. The second-order valence-electron chi connectivity index (χ2n) is 5.49. The Balaban J connectivity index is 1.55. The van der Waals surface area contributed by atoms with Gasteiger partial charge in [-0.05, 0) is 23.8 Å². The van der Waals surface area contributed by atoms with E-state index >= 15 is 0 Å². The van der Waals surface area contributed by atoms with Crippen molar-refractivity contribution >= 4 is 11.7 Å². The zero-order valence-corrected chi connectivity index (χ0v) is 14.1. The largest absolute Gasteiger partial charge is 0.497 e. The van der Waals surface area contributed by atoms with Gasteiger partial charge in [0.2, 0.25) is 0 Å². The van der Waals surface area contributed by atoms with Gasteiger partial charge < -0.3 is 15.4 Å². The van der Waals surface area contributed by atoms with Gasteiger partial charge in [-0.3, -0.25) is 9.67 Å². The number of amides is 2. The van der Waals surface area contributed by atoms with Gasteiger partial charge in [-0.15, -0.1) is 0 Å². The van der Waals surface area contributed by atoms with E-state index in [0.717, 1.165) is 16.8 Å². The lowest BCUT2D eigenvalue weighted by Gasteiger charge is -2.09. The summed E-state index contributed by atoms with van der Waals surface area (Å²) in [6, 6.07) is 10.7. The standard InChI is InChI=1S/C18H19N5O2/c1-23-12-14(11-21-23)17-7-6-13(9-19-17)10-20-18(24)22-15-4-3-5-16(8-15)25-2/h3-9,11-12H,10H2,1-2H3,(H2,20,22,24). The fourth-order valence-corrected chi connectivity index (χ4v) is 2.31. The molecule has 25 heavy (non-hydrogen) atoms. The summed E-state index contributed by atoms with van der Waals surface area (Å²) in [5.41, 5.74) is 3.38. The highest BCUT2D eigenvalue weighted by molar-refractivity contribution is 5.89.